The lowest BCUT2D eigenvalue weighted by Crippen LogP contribution is -2.34. The van der Waals surface area contributed by atoms with Gasteiger partial charge in [0.05, 0.1) is 33.5 Å². The van der Waals surface area contributed by atoms with Crippen LogP contribution in [0.2, 0.25) is 0 Å². The van der Waals surface area contributed by atoms with Crippen LogP contribution in [0.25, 0.3) is 0 Å². The second kappa shape index (κ2) is 11.6. The zero-order valence-electron chi connectivity index (χ0n) is 20.1. The average molecular weight is 459 g/mol. The van der Waals surface area contributed by atoms with E-state index in [0.717, 1.165) is 23.1 Å². The topological polar surface area (TPSA) is 79.4 Å². The van der Waals surface area contributed by atoms with Crippen molar-refractivity contribution in [1.29, 1.82) is 0 Å². The Morgan fingerprint density at radius 3 is 2.58 bits per heavy atom. The van der Waals surface area contributed by atoms with Crippen LogP contribution in [0.1, 0.15) is 53.9 Å². The minimum absolute atomic E-state index is 0.173. The Hall–Kier alpha value is -2.52. The number of carbonyl (C=O) groups excluding carboxylic acids is 1. The number of esters is 1. The van der Waals surface area contributed by atoms with Crippen molar-refractivity contribution >= 4 is 5.97 Å². The highest BCUT2D eigenvalue weighted by Gasteiger charge is 2.45. The van der Waals surface area contributed by atoms with Gasteiger partial charge in [0.15, 0.2) is 5.69 Å². The van der Waals surface area contributed by atoms with Gasteiger partial charge < -0.3 is 23.7 Å². The van der Waals surface area contributed by atoms with Crippen LogP contribution in [-0.2, 0) is 37.8 Å². The summed E-state index contributed by atoms with van der Waals surface area (Å²) >= 11 is 0. The van der Waals surface area contributed by atoms with E-state index in [-0.39, 0.29) is 12.3 Å². The number of hydrogen-bond acceptors (Lipinski definition) is 8. The van der Waals surface area contributed by atoms with Gasteiger partial charge in [-0.15, -0.1) is 0 Å². The fourth-order valence-corrected chi connectivity index (χ4v) is 3.72. The maximum Gasteiger partial charge on any atom is 0.357 e. The first-order valence-corrected chi connectivity index (χ1v) is 11.3. The Balaban J connectivity index is 1.99. The molecule has 0 N–H and O–H groups in total. The van der Waals surface area contributed by atoms with Crippen molar-refractivity contribution in [3.05, 3.63) is 58.8 Å². The summed E-state index contributed by atoms with van der Waals surface area (Å²) in [5.41, 5.74) is 1.94. The molecule has 180 valence electrons. The van der Waals surface area contributed by atoms with Crippen LogP contribution >= 0.6 is 0 Å². The largest absolute Gasteiger partial charge is 0.481 e. The summed E-state index contributed by atoms with van der Waals surface area (Å²) in [4.78, 5) is 19.0. The highest BCUT2D eigenvalue weighted by atomic mass is 16.8. The zero-order chi connectivity index (χ0) is 23.8. The van der Waals surface area contributed by atoms with Gasteiger partial charge in [0, 0.05) is 5.56 Å². The minimum atomic E-state index is -0.781. The summed E-state index contributed by atoms with van der Waals surface area (Å²) in [6.45, 7) is 5.29. The van der Waals surface area contributed by atoms with E-state index in [1.165, 1.54) is 7.11 Å². The number of methoxy groups -OCH3 is 1. The van der Waals surface area contributed by atoms with E-state index in [9.17, 15) is 4.79 Å². The summed E-state index contributed by atoms with van der Waals surface area (Å²) in [6, 6.07) is 11.7. The molecular weight excluding hydrogens is 424 g/mol. The molecule has 1 fully saturated rings. The standard InChI is InChI=1S/C25H34N2O6/c1-6-13-31-23(28)21-14-20(25(7-2)17-32-24(33-25)27(3)4)19(22(26-21)29-5)16-30-15-18-11-9-8-10-12-18/h8-12,14,24H,6-7,13,15-17H2,1-5H3/t24?,25-/m0/s1. The van der Waals surface area contributed by atoms with Crippen LogP contribution in [-0.4, -0.2) is 56.7 Å². The molecule has 8 nitrogen and oxygen atoms in total. The van der Waals surface area contributed by atoms with Crippen LogP contribution in [0, 0.1) is 0 Å². The summed E-state index contributed by atoms with van der Waals surface area (Å²) in [6.07, 6.45) is 0.846. The van der Waals surface area contributed by atoms with Crippen molar-refractivity contribution in [3.8, 4) is 5.88 Å². The Bertz CT molecular complexity index is 921. The predicted molar refractivity (Wildman–Crippen MR) is 123 cm³/mol. The van der Waals surface area contributed by atoms with Crippen molar-refractivity contribution in [2.45, 2.75) is 51.9 Å². The molecule has 1 aliphatic heterocycles. The fraction of sp³-hybridized carbons (Fsp3) is 0.520. The van der Waals surface area contributed by atoms with E-state index in [2.05, 4.69) is 4.98 Å². The molecule has 0 spiro atoms. The van der Waals surface area contributed by atoms with E-state index in [0.29, 0.717) is 32.1 Å². The molecule has 8 heteroatoms. The van der Waals surface area contributed by atoms with Crippen LogP contribution in [0.5, 0.6) is 5.88 Å². The lowest BCUT2D eigenvalue weighted by molar-refractivity contribution is -0.166. The molecular formula is C25H34N2O6. The molecule has 2 aromatic rings. The SMILES string of the molecule is CCCOC(=O)c1cc([C@]2(CC)COC(N(C)C)O2)c(COCc2ccccc2)c(OC)n1. The van der Waals surface area contributed by atoms with E-state index >= 15 is 0 Å². The number of hydrogen-bond donors (Lipinski definition) is 0. The minimum Gasteiger partial charge on any atom is -0.481 e. The monoisotopic (exact) mass is 458 g/mol. The van der Waals surface area contributed by atoms with Gasteiger partial charge in [-0.05, 0) is 44.1 Å². The molecule has 0 saturated carbocycles. The number of carbonyl (C=O) groups is 1. The van der Waals surface area contributed by atoms with E-state index in [1.807, 2.05) is 63.2 Å². The van der Waals surface area contributed by atoms with Gasteiger partial charge in [-0.1, -0.05) is 44.2 Å². The molecule has 1 aromatic heterocycles. The van der Waals surface area contributed by atoms with Gasteiger partial charge in [0.25, 0.3) is 0 Å². The Morgan fingerprint density at radius 2 is 1.97 bits per heavy atom. The maximum absolute atomic E-state index is 12.7. The first-order chi connectivity index (χ1) is 15.9. The van der Waals surface area contributed by atoms with Crippen molar-refractivity contribution in [2.75, 3.05) is 34.4 Å². The van der Waals surface area contributed by atoms with Crippen molar-refractivity contribution in [1.82, 2.24) is 9.88 Å². The Labute approximate surface area is 195 Å². The van der Waals surface area contributed by atoms with Crippen LogP contribution < -0.4 is 4.74 Å². The molecule has 2 heterocycles. The van der Waals surface area contributed by atoms with Gasteiger partial charge in [0.2, 0.25) is 12.3 Å². The molecule has 0 radical (unpaired) electrons. The second-order valence-corrected chi connectivity index (χ2v) is 8.20. The molecule has 3 rings (SSSR count). The number of nitrogens with zero attached hydrogens (tertiary/aromatic N) is 2. The number of aromatic nitrogens is 1. The third kappa shape index (κ3) is 5.89. The van der Waals surface area contributed by atoms with Gasteiger partial charge in [-0.25, -0.2) is 9.78 Å². The smallest absolute Gasteiger partial charge is 0.357 e. The molecule has 33 heavy (non-hydrogen) atoms. The summed E-state index contributed by atoms with van der Waals surface area (Å²) in [7, 11) is 5.31. The number of ether oxygens (including phenoxy) is 5. The number of benzene rings is 1. The molecule has 1 aliphatic rings. The summed E-state index contributed by atoms with van der Waals surface area (Å²) in [5.74, 6) is -0.184. The average Bonchev–Trinajstić information content (AvgIpc) is 3.29. The first-order valence-electron chi connectivity index (χ1n) is 11.3. The Morgan fingerprint density at radius 1 is 1.21 bits per heavy atom. The van der Waals surface area contributed by atoms with Crippen molar-refractivity contribution < 1.29 is 28.5 Å². The van der Waals surface area contributed by atoms with Gasteiger partial charge in [-0.3, -0.25) is 4.90 Å². The zero-order valence-corrected chi connectivity index (χ0v) is 20.1. The normalized spacial score (nSPS) is 20.2. The first kappa shape index (κ1) is 25.1. The second-order valence-electron chi connectivity index (χ2n) is 8.20. The predicted octanol–water partition coefficient (Wildman–Crippen LogP) is 3.87. The Kier molecular flexibility index (Phi) is 8.80. The number of rotatable bonds is 11. The van der Waals surface area contributed by atoms with Crippen LogP contribution in [0.15, 0.2) is 36.4 Å². The lowest BCUT2D eigenvalue weighted by atomic mass is 9.88. The highest BCUT2D eigenvalue weighted by molar-refractivity contribution is 5.88. The van der Waals surface area contributed by atoms with Crippen molar-refractivity contribution in [2.24, 2.45) is 0 Å². The third-order valence-corrected chi connectivity index (χ3v) is 5.55. The van der Waals surface area contributed by atoms with Gasteiger partial charge >= 0.3 is 5.97 Å². The number of pyridine rings is 1. The molecule has 0 aliphatic carbocycles. The molecule has 2 atom stereocenters. The van der Waals surface area contributed by atoms with Gasteiger partial charge in [0.1, 0.15) is 5.60 Å². The molecule has 1 unspecified atom stereocenters. The molecule has 1 aromatic carbocycles. The maximum atomic E-state index is 12.7. The van der Waals surface area contributed by atoms with Crippen LogP contribution in [0.3, 0.4) is 0 Å². The third-order valence-electron chi connectivity index (χ3n) is 5.55. The van der Waals surface area contributed by atoms with Crippen LogP contribution in [0.4, 0.5) is 0 Å². The van der Waals surface area contributed by atoms with E-state index < -0.39 is 18.0 Å². The molecule has 0 amide bonds. The summed E-state index contributed by atoms with van der Waals surface area (Å²) in [5, 5.41) is 0. The molecule has 0 bridgehead atoms. The molecule has 1 saturated heterocycles. The highest BCUT2D eigenvalue weighted by Crippen LogP contribution is 2.41. The lowest BCUT2D eigenvalue weighted by Gasteiger charge is -2.30. The van der Waals surface area contributed by atoms with Gasteiger partial charge in [-0.2, -0.15) is 0 Å². The van der Waals surface area contributed by atoms with E-state index in [1.54, 1.807) is 6.07 Å². The van der Waals surface area contributed by atoms with Crippen molar-refractivity contribution in [3.63, 3.8) is 0 Å². The van der Waals surface area contributed by atoms with E-state index in [4.69, 9.17) is 23.7 Å². The fourth-order valence-electron chi connectivity index (χ4n) is 3.72. The summed E-state index contributed by atoms with van der Waals surface area (Å²) < 4.78 is 29.3. The quantitative estimate of drug-likeness (QED) is 0.470.